The van der Waals surface area contributed by atoms with Gasteiger partial charge in [0, 0.05) is 12.2 Å². The van der Waals surface area contributed by atoms with E-state index < -0.39 is 10.0 Å². The monoisotopic (exact) mass is 306 g/mol. The lowest BCUT2D eigenvalue weighted by Gasteiger charge is -2.18. The number of nitrogens with two attached hydrogens (primary N) is 1. The van der Waals surface area contributed by atoms with Crippen LogP contribution in [-0.4, -0.2) is 15.0 Å². The first-order chi connectivity index (χ1) is 9.47. The molecule has 1 aromatic heterocycles. The second-order valence-corrected chi connectivity index (χ2v) is 7.35. The van der Waals surface area contributed by atoms with Crippen LogP contribution < -0.4 is 10.5 Å². The van der Waals surface area contributed by atoms with Crippen LogP contribution in [0, 0.1) is 6.92 Å². The van der Waals surface area contributed by atoms with E-state index in [-0.39, 0.29) is 4.21 Å². The van der Waals surface area contributed by atoms with Crippen molar-refractivity contribution in [2.24, 2.45) is 5.14 Å². The Kier molecular flexibility index (Phi) is 3.16. The Morgan fingerprint density at radius 2 is 2.05 bits per heavy atom. The van der Waals surface area contributed by atoms with Gasteiger partial charge in [-0.3, -0.25) is 0 Å². The zero-order valence-electron chi connectivity index (χ0n) is 10.9. The second-order valence-electron chi connectivity index (χ2n) is 4.72. The average Bonchev–Trinajstić information content (AvgIpc) is 2.80. The summed E-state index contributed by atoms with van der Waals surface area (Å²) in [6.45, 7) is 2.48. The normalized spacial score (nSPS) is 14.4. The number of nitrogens with one attached hydrogen (secondary N) is 1. The summed E-state index contributed by atoms with van der Waals surface area (Å²) in [5, 5.41) is 10.4. The highest BCUT2D eigenvalue weighted by Crippen LogP contribution is 2.34. The van der Waals surface area contributed by atoms with Gasteiger partial charge in [0.25, 0.3) is 0 Å². The Balaban J connectivity index is 2.08. The molecule has 6 heteroatoms. The molecule has 0 amide bonds. The van der Waals surface area contributed by atoms with Crippen LogP contribution in [0.2, 0.25) is 0 Å². The number of fused-ring (bicyclic) bond motifs is 1. The van der Waals surface area contributed by atoms with E-state index in [1.54, 1.807) is 6.92 Å². The van der Waals surface area contributed by atoms with Gasteiger partial charge < -0.3 is 5.32 Å². The highest BCUT2D eigenvalue weighted by molar-refractivity contribution is 7.91. The van der Waals surface area contributed by atoms with E-state index in [2.05, 4.69) is 11.4 Å². The highest BCUT2D eigenvalue weighted by atomic mass is 32.2. The largest absolute Gasteiger partial charge is 0.380 e. The van der Waals surface area contributed by atoms with Crippen molar-refractivity contribution in [2.45, 2.75) is 11.1 Å². The van der Waals surface area contributed by atoms with Crippen LogP contribution in [-0.2, 0) is 10.0 Å². The number of hydrogen-bond acceptors (Lipinski definition) is 4. The molecule has 20 heavy (non-hydrogen) atoms. The average molecular weight is 306 g/mol. The summed E-state index contributed by atoms with van der Waals surface area (Å²) in [6.07, 6.45) is 2.09. The standard InChI is InChI=1S/C14H14N2O2S2/c1-9-12(8-19-14(9)20(15,17)18)11-6-10-4-2-3-5-13(10)16-7-11/h2-6,8,16H,7H2,1H3,(H2,15,17,18). The minimum absolute atomic E-state index is 0.243. The Labute approximate surface area is 122 Å². The van der Waals surface area contributed by atoms with Crippen molar-refractivity contribution in [3.8, 4) is 0 Å². The summed E-state index contributed by atoms with van der Waals surface area (Å²) in [4.78, 5) is 0. The maximum Gasteiger partial charge on any atom is 0.247 e. The fourth-order valence-corrected chi connectivity index (χ4v) is 4.44. The summed E-state index contributed by atoms with van der Waals surface area (Å²) in [5.41, 5.74) is 4.95. The first-order valence-electron chi connectivity index (χ1n) is 6.11. The molecule has 1 aromatic carbocycles. The molecule has 0 atom stereocenters. The number of sulfonamides is 1. The Morgan fingerprint density at radius 3 is 2.75 bits per heavy atom. The first-order valence-corrected chi connectivity index (χ1v) is 8.54. The third-order valence-corrected chi connectivity index (χ3v) is 6.04. The molecule has 0 aliphatic carbocycles. The summed E-state index contributed by atoms with van der Waals surface area (Å²) in [7, 11) is -3.64. The summed E-state index contributed by atoms with van der Waals surface area (Å²) < 4.78 is 23.2. The fraction of sp³-hybridized carbons (Fsp3) is 0.143. The SMILES string of the molecule is Cc1c(C2=Cc3ccccc3NC2)csc1S(N)(=O)=O. The minimum atomic E-state index is -3.64. The van der Waals surface area contributed by atoms with Crippen LogP contribution in [0.5, 0.6) is 0 Å². The van der Waals surface area contributed by atoms with Crippen LogP contribution in [0.15, 0.2) is 33.9 Å². The molecule has 0 saturated carbocycles. The van der Waals surface area contributed by atoms with Gasteiger partial charge in [-0.15, -0.1) is 11.3 Å². The van der Waals surface area contributed by atoms with Crippen LogP contribution in [0.25, 0.3) is 11.6 Å². The first kappa shape index (κ1) is 13.4. The van der Waals surface area contributed by atoms with Crippen LogP contribution >= 0.6 is 11.3 Å². The lowest BCUT2D eigenvalue weighted by molar-refractivity contribution is 0.599. The molecule has 3 rings (SSSR count). The molecule has 3 N–H and O–H groups in total. The van der Waals surface area contributed by atoms with E-state index in [1.165, 1.54) is 11.3 Å². The van der Waals surface area contributed by atoms with Crippen LogP contribution in [0.1, 0.15) is 16.7 Å². The molecule has 0 fully saturated rings. The molecule has 104 valence electrons. The van der Waals surface area contributed by atoms with Gasteiger partial charge in [-0.1, -0.05) is 18.2 Å². The van der Waals surface area contributed by atoms with E-state index in [0.29, 0.717) is 6.54 Å². The molecule has 0 saturated heterocycles. The van der Waals surface area contributed by atoms with Gasteiger partial charge in [-0.2, -0.15) is 0 Å². The van der Waals surface area contributed by atoms with Crippen molar-refractivity contribution in [3.05, 3.63) is 46.3 Å². The molecule has 0 spiro atoms. The van der Waals surface area contributed by atoms with Gasteiger partial charge in [0.15, 0.2) is 0 Å². The highest BCUT2D eigenvalue weighted by Gasteiger charge is 2.20. The molecule has 1 aliphatic rings. The van der Waals surface area contributed by atoms with Crippen molar-refractivity contribution in [1.82, 2.24) is 0 Å². The summed E-state index contributed by atoms with van der Waals surface area (Å²) in [6, 6.07) is 8.03. The molecular weight excluding hydrogens is 292 g/mol. The van der Waals surface area contributed by atoms with Gasteiger partial charge in [0.05, 0.1) is 0 Å². The molecule has 0 unspecified atom stereocenters. The van der Waals surface area contributed by atoms with Crippen molar-refractivity contribution in [3.63, 3.8) is 0 Å². The van der Waals surface area contributed by atoms with E-state index in [9.17, 15) is 8.42 Å². The van der Waals surface area contributed by atoms with Crippen molar-refractivity contribution in [1.29, 1.82) is 0 Å². The second kappa shape index (κ2) is 4.73. The number of benzene rings is 1. The minimum Gasteiger partial charge on any atom is -0.380 e. The third-order valence-electron chi connectivity index (χ3n) is 3.36. The fourth-order valence-electron chi connectivity index (χ4n) is 2.38. The predicted molar refractivity (Wildman–Crippen MR) is 83.2 cm³/mol. The molecular formula is C14H14N2O2S2. The maximum atomic E-state index is 11.5. The molecule has 0 bridgehead atoms. The predicted octanol–water partition coefficient (Wildman–Crippen LogP) is 2.67. The molecule has 2 aromatic rings. The number of primary sulfonamides is 1. The molecule has 4 nitrogen and oxygen atoms in total. The Hall–Kier alpha value is -1.63. The van der Waals surface area contributed by atoms with E-state index >= 15 is 0 Å². The van der Waals surface area contributed by atoms with Crippen molar-refractivity contribution < 1.29 is 8.42 Å². The van der Waals surface area contributed by atoms with Crippen molar-refractivity contribution in [2.75, 3.05) is 11.9 Å². The zero-order chi connectivity index (χ0) is 14.3. The Bertz CT molecular complexity index is 804. The van der Waals surface area contributed by atoms with Gasteiger partial charge in [0.2, 0.25) is 10.0 Å². The quantitative estimate of drug-likeness (QED) is 0.896. The molecule has 2 heterocycles. The smallest absolute Gasteiger partial charge is 0.247 e. The number of para-hydroxylation sites is 1. The maximum absolute atomic E-state index is 11.5. The molecule has 0 radical (unpaired) electrons. The van der Waals surface area contributed by atoms with E-state index in [0.717, 1.165) is 28.0 Å². The third kappa shape index (κ3) is 2.26. The number of thiophene rings is 1. The van der Waals surface area contributed by atoms with Crippen molar-refractivity contribution >= 4 is 38.7 Å². The zero-order valence-corrected chi connectivity index (χ0v) is 12.5. The lowest BCUT2D eigenvalue weighted by Crippen LogP contribution is -2.13. The number of anilines is 1. The summed E-state index contributed by atoms with van der Waals surface area (Å²) in [5.74, 6) is 0. The number of rotatable bonds is 2. The van der Waals surface area contributed by atoms with Gasteiger partial charge >= 0.3 is 0 Å². The van der Waals surface area contributed by atoms with Crippen LogP contribution in [0.3, 0.4) is 0 Å². The van der Waals surface area contributed by atoms with Crippen LogP contribution in [0.4, 0.5) is 5.69 Å². The van der Waals surface area contributed by atoms with Gasteiger partial charge in [-0.25, -0.2) is 13.6 Å². The van der Waals surface area contributed by atoms with E-state index in [4.69, 9.17) is 5.14 Å². The van der Waals surface area contributed by atoms with E-state index in [1.807, 2.05) is 29.6 Å². The summed E-state index contributed by atoms with van der Waals surface area (Å²) >= 11 is 1.18. The Morgan fingerprint density at radius 1 is 1.30 bits per heavy atom. The molecule has 1 aliphatic heterocycles. The lowest BCUT2D eigenvalue weighted by atomic mass is 9.98. The van der Waals surface area contributed by atoms with Gasteiger partial charge in [-0.05, 0) is 46.7 Å². The number of hydrogen-bond donors (Lipinski definition) is 2. The van der Waals surface area contributed by atoms with Gasteiger partial charge in [0.1, 0.15) is 4.21 Å². The topological polar surface area (TPSA) is 72.2 Å².